The van der Waals surface area contributed by atoms with Crippen LogP contribution < -0.4 is 4.90 Å². The zero-order chi connectivity index (χ0) is 23.3. The summed E-state index contributed by atoms with van der Waals surface area (Å²) in [6.07, 6.45) is 2.30. The topological polar surface area (TPSA) is 67.2 Å². The smallest absolute Gasteiger partial charge is 0.254 e. The molecule has 5 rings (SSSR count). The fourth-order valence-electron chi connectivity index (χ4n) is 5.06. The van der Waals surface area contributed by atoms with Gasteiger partial charge in [-0.15, -0.1) is 0 Å². The molecule has 1 atom stereocenters. The number of halogens is 1. The number of imidazole rings is 1. The first kappa shape index (κ1) is 22.0. The molecule has 2 aliphatic heterocycles. The van der Waals surface area contributed by atoms with Gasteiger partial charge in [0.25, 0.3) is 5.91 Å². The van der Waals surface area contributed by atoms with Crippen LogP contribution in [0.3, 0.4) is 0 Å². The molecule has 174 valence electrons. The molecule has 0 spiro atoms. The second-order valence-electron chi connectivity index (χ2n) is 9.81. The van der Waals surface area contributed by atoms with Gasteiger partial charge in [-0.25, -0.2) is 14.4 Å². The molecule has 1 fully saturated rings. The normalized spacial score (nSPS) is 20.1. The predicted molar refractivity (Wildman–Crippen MR) is 127 cm³/mol. The lowest BCUT2D eigenvalue weighted by Crippen LogP contribution is -2.44. The van der Waals surface area contributed by atoms with Crippen LogP contribution in [0.1, 0.15) is 61.5 Å². The van der Waals surface area contributed by atoms with Crippen molar-refractivity contribution in [3.63, 3.8) is 0 Å². The highest BCUT2D eigenvalue weighted by Gasteiger charge is 2.38. The van der Waals surface area contributed by atoms with E-state index in [1.54, 1.807) is 12.1 Å². The van der Waals surface area contributed by atoms with E-state index in [4.69, 9.17) is 4.98 Å². The van der Waals surface area contributed by atoms with Gasteiger partial charge in [-0.05, 0) is 67.9 Å². The highest BCUT2D eigenvalue weighted by Crippen LogP contribution is 2.41. The standard InChI is InChI=1S/C24H29FN6OS/c1-15-19-20(29-11-5-10-24(3,4)14-29)27-21(22-26-16(2)28-33-22)31(19)13-12-30(15)23(32)17-6-8-18(25)9-7-17/h6-9,15H,5,10-14H2,1-4H3/t15-/m1/s1. The molecular formula is C24H29FN6OS. The second kappa shape index (κ2) is 8.20. The largest absolute Gasteiger partial charge is 0.354 e. The molecule has 0 bridgehead atoms. The summed E-state index contributed by atoms with van der Waals surface area (Å²) in [5.74, 6) is 2.07. The number of rotatable bonds is 3. The van der Waals surface area contributed by atoms with E-state index < -0.39 is 0 Å². The van der Waals surface area contributed by atoms with Crippen molar-refractivity contribution in [3.8, 4) is 10.8 Å². The van der Waals surface area contributed by atoms with Gasteiger partial charge in [-0.1, -0.05) is 13.8 Å². The summed E-state index contributed by atoms with van der Waals surface area (Å²) in [6, 6.07) is 5.61. The van der Waals surface area contributed by atoms with Gasteiger partial charge in [0.15, 0.2) is 16.6 Å². The zero-order valence-corrected chi connectivity index (χ0v) is 20.3. The molecular weight excluding hydrogens is 439 g/mol. The number of piperidine rings is 1. The Kier molecular flexibility index (Phi) is 5.47. The number of carbonyl (C=O) groups excluding carboxylic acids is 1. The van der Waals surface area contributed by atoms with Crippen LogP contribution >= 0.6 is 11.5 Å². The lowest BCUT2D eigenvalue weighted by molar-refractivity contribution is 0.0645. The molecule has 9 heteroatoms. The quantitative estimate of drug-likeness (QED) is 0.558. The highest BCUT2D eigenvalue weighted by atomic mass is 32.1. The Morgan fingerprint density at radius 2 is 1.91 bits per heavy atom. The summed E-state index contributed by atoms with van der Waals surface area (Å²) in [7, 11) is 0. The van der Waals surface area contributed by atoms with Crippen molar-refractivity contribution in [1.82, 2.24) is 23.8 Å². The Balaban J connectivity index is 1.57. The third kappa shape index (κ3) is 4.03. The van der Waals surface area contributed by atoms with E-state index in [-0.39, 0.29) is 23.2 Å². The monoisotopic (exact) mass is 468 g/mol. The van der Waals surface area contributed by atoms with Crippen molar-refractivity contribution < 1.29 is 9.18 Å². The Hall–Kier alpha value is -2.81. The fraction of sp³-hybridized carbons (Fsp3) is 0.500. The highest BCUT2D eigenvalue weighted by molar-refractivity contribution is 7.09. The first-order chi connectivity index (χ1) is 15.7. The summed E-state index contributed by atoms with van der Waals surface area (Å²) in [5.41, 5.74) is 1.74. The van der Waals surface area contributed by atoms with Gasteiger partial charge in [-0.3, -0.25) is 4.79 Å². The number of aromatic nitrogens is 4. The minimum Gasteiger partial charge on any atom is -0.354 e. The van der Waals surface area contributed by atoms with Crippen molar-refractivity contribution in [2.75, 3.05) is 24.5 Å². The summed E-state index contributed by atoms with van der Waals surface area (Å²) in [5, 5.41) is 0.807. The van der Waals surface area contributed by atoms with Crippen molar-refractivity contribution in [3.05, 3.63) is 47.2 Å². The van der Waals surface area contributed by atoms with Gasteiger partial charge in [-0.2, -0.15) is 4.37 Å². The van der Waals surface area contributed by atoms with Gasteiger partial charge >= 0.3 is 0 Å². The van der Waals surface area contributed by atoms with Crippen LogP contribution in [0.25, 0.3) is 10.8 Å². The summed E-state index contributed by atoms with van der Waals surface area (Å²) >= 11 is 1.36. The third-order valence-electron chi connectivity index (χ3n) is 6.69. The molecule has 2 aromatic heterocycles. The minimum absolute atomic E-state index is 0.0896. The van der Waals surface area contributed by atoms with Crippen LogP contribution in [0.15, 0.2) is 24.3 Å². The van der Waals surface area contributed by atoms with Crippen molar-refractivity contribution >= 4 is 23.3 Å². The van der Waals surface area contributed by atoms with Gasteiger partial charge in [0, 0.05) is 31.7 Å². The van der Waals surface area contributed by atoms with Crippen molar-refractivity contribution in [2.45, 2.75) is 53.1 Å². The number of hydrogen-bond donors (Lipinski definition) is 0. The zero-order valence-electron chi connectivity index (χ0n) is 19.5. The number of carbonyl (C=O) groups is 1. The molecule has 0 aliphatic carbocycles. The maximum Gasteiger partial charge on any atom is 0.254 e. The van der Waals surface area contributed by atoms with Crippen LogP contribution in [0, 0.1) is 18.2 Å². The van der Waals surface area contributed by atoms with Crippen LogP contribution in [-0.4, -0.2) is 49.3 Å². The van der Waals surface area contributed by atoms with Crippen LogP contribution in [-0.2, 0) is 6.54 Å². The van der Waals surface area contributed by atoms with E-state index in [9.17, 15) is 9.18 Å². The maximum absolute atomic E-state index is 13.4. The number of fused-ring (bicyclic) bond motifs is 1. The van der Waals surface area contributed by atoms with Crippen LogP contribution in [0.4, 0.5) is 10.2 Å². The third-order valence-corrected chi connectivity index (χ3v) is 7.49. The molecule has 2 aliphatic rings. The lowest BCUT2D eigenvalue weighted by Gasteiger charge is -2.41. The number of amides is 1. The Bertz CT molecular complexity index is 1180. The molecule has 4 heterocycles. The van der Waals surface area contributed by atoms with Gasteiger partial charge in [0.2, 0.25) is 0 Å². The number of nitrogens with zero attached hydrogens (tertiary/aromatic N) is 6. The van der Waals surface area contributed by atoms with E-state index in [0.717, 1.165) is 47.7 Å². The van der Waals surface area contributed by atoms with Gasteiger partial charge in [0.05, 0.1) is 11.7 Å². The lowest BCUT2D eigenvalue weighted by atomic mass is 9.84. The van der Waals surface area contributed by atoms with Crippen LogP contribution in [0.2, 0.25) is 0 Å². The molecule has 1 aromatic carbocycles. The predicted octanol–water partition coefficient (Wildman–Crippen LogP) is 4.69. The second-order valence-corrected chi connectivity index (χ2v) is 10.6. The van der Waals surface area contributed by atoms with Crippen molar-refractivity contribution in [1.29, 1.82) is 0 Å². The van der Waals surface area contributed by atoms with Crippen LogP contribution in [0.5, 0.6) is 0 Å². The molecule has 3 aromatic rings. The molecule has 0 unspecified atom stereocenters. The Labute approximate surface area is 197 Å². The molecule has 1 amide bonds. The summed E-state index contributed by atoms with van der Waals surface area (Å²) in [6.45, 7) is 11.6. The molecule has 0 N–H and O–H groups in total. The fourth-order valence-corrected chi connectivity index (χ4v) is 5.73. The minimum atomic E-state index is -0.344. The maximum atomic E-state index is 13.4. The Morgan fingerprint density at radius 1 is 1.15 bits per heavy atom. The van der Waals surface area contributed by atoms with E-state index in [2.05, 4.69) is 39.6 Å². The van der Waals surface area contributed by atoms with E-state index >= 15 is 0 Å². The number of aryl methyl sites for hydroxylation is 1. The van der Waals surface area contributed by atoms with Crippen molar-refractivity contribution in [2.24, 2.45) is 5.41 Å². The number of anilines is 1. The molecule has 0 radical (unpaired) electrons. The molecule has 7 nitrogen and oxygen atoms in total. The molecule has 33 heavy (non-hydrogen) atoms. The first-order valence-corrected chi connectivity index (χ1v) is 12.2. The Morgan fingerprint density at radius 3 is 2.58 bits per heavy atom. The average molecular weight is 469 g/mol. The number of hydrogen-bond acceptors (Lipinski definition) is 6. The van der Waals surface area contributed by atoms with E-state index in [1.807, 2.05) is 11.8 Å². The molecule has 1 saturated heterocycles. The average Bonchev–Trinajstić information content (AvgIpc) is 3.37. The van der Waals surface area contributed by atoms with E-state index in [0.29, 0.717) is 18.7 Å². The van der Waals surface area contributed by atoms with Gasteiger partial charge in [0.1, 0.15) is 11.6 Å². The summed E-state index contributed by atoms with van der Waals surface area (Å²) < 4.78 is 20.0. The SMILES string of the molecule is Cc1nsc(-c2nc(N3CCCC(C)(C)C3)c3n2CCN(C(=O)c2ccc(F)cc2)[C@@H]3C)n1. The first-order valence-electron chi connectivity index (χ1n) is 11.5. The molecule has 0 saturated carbocycles. The summed E-state index contributed by atoms with van der Waals surface area (Å²) in [4.78, 5) is 27.3. The van der Waals surface area contributed by atoms with Gasteiger partial charge < -0.3 is 14.4 Å². The number of benzene rings is 1. The van der Waals surface area contributed by atoms with E-state index in [1.165, 1.54) is 30.1 Å².